The van der Waals surface area contributed by atoms with E-state index in [2.05, 4.69) is 9.97 Å². The van der Waals surface area contributed by atoms with Crippen LogP contribution in [0.1, 0.15) is 15.9 Å². The number of rotatable bonds is 0. The molecular weight excluding hydrogens is 190 g/mol. The van der Waals surface area contributed by atoms with Crippen molar-refractivity contribution in [2.75, 3.05) is 5.73 Å². The molecule has 2 bridgehead atoms. The molecule has 0 saturated carbocycles. The molecule has 1 aromatic heterocycles. The van der Waals surface area contributed by atoms with E-state index in [-0.39, 0.29) is 5.78 Å². The molecular formula is C11H9N3O. The summed E-state index contributed by atoms with van der Waals surface area (Å²) >= 11 is 0. The van der Waals surface area contributed by atoms with Gasteiger partial charge in [-0.25, -0.2) is 9.97 Å². The number of carbonyl (C=O) groups is 1. The van der Waals surface area contributed by atoms with Crippen LogP contribution in [0, 0.1) is 0 Å². The molecule has 2 aliphatic rings. The van der Waals surface area contributed by atoms with Gasteiger partial charge in [-0.2, -0.15) is 0 Å². The van der Waals surface area contributed by atoms with Gasteiger partial charge < -0.3 is 5.73 Å². The fourth-order valence-electron chi connectivity index (χ4n) is 1.20. The molecule has 0 fully saturated rings. The van der Waals surface area contributed by atoms with Crippen molar-refractivity contribution in [3.8, 4) is 0 Å². The van der Waals surface area contributed by atoms with Crippen molar-refractivity contribution < 1.29 is 4.79 Å². The average molecular weight is 199 g/mol. The fraction of sp³-hybridized carbons (Fsp3) is 0. The van der Waals surface area contributed by atoms with Crippen molar-refractivity contribution in [2.24, 2.45) is 0 Å². The third-order valence-corrected chi connectivity index (χ3v) is 1.97. The number of carbonyl (C=O) groups excluding carboxylic acids is 1. The minimum Gasteiger partial charge on any atom is -0.368 e. The molecule has 0 saturated heterocycles. The molecule has 1 heterocycles. The van der Waals surface area contributed by atoms with Crippen molar-refractivity contribution in [3.05, 3.63) is 53.9 Å². The summed E-state index contributed by atoms with van der Waals surface area (Å²) < 4.78 is 0. The normalized spacial score (nSPS) is 11.1. The topological polar surface area (TPSA) is 68.9 Å². The lowest BCUT2D eigenvalue weighted by Crippen LogP contribution is -2.10. The van der Waals surface area contributed by atoms with Crippen LogP contribution in [0.5, 0.6) is 0 Å². The maximum atomic E-state index is 10.7. The van der Waals surface area contributed by atoms with E-state index in [1.807, 2.05) is 24.3 Å². The Morgan fingerprint density at radius 1 is 1.00 bits per heavy atom. The second-order valence-corrected chi connectivity index (χ2v) is 3.02. The van der Waals surface area contributed by atoms with E-state index in [1.54, 1.807) is 18.5 Å². The standard InChI is InChI=1S/C7H4O.C4H5N3/c8-7-5-2-1-3-6(7)4-5;5-4-6-2-1-3-7-4/h1-4H;1-3H,(H2,5,6,7). The summed E-state index contributed by atoms with van der Waals surface area (Å²) in [7, 11) is 0. The number of hydrogen-bond acceptors (Lipinski definition) is 4. The van der Waals surface area contributed by atoms with E-state index in [1.165, 1.54) is 0 Å². The van der Waals surface area contributed by atoms with E-state index >= 15 is 0 Å². The Labute approximate surface area is 86.8 Å². The predicted octanol–water partition coefficient (Wildman–Crippen LogP) is 1.29. The average Bonchev–Trinajstić information content (AvgIpc) is 2.31. The Morgan fingerprint density at radius 2 is 1.60 bits per heavy atom. The van der Waals surface area contributed by atoms with Crippen LogP contribution in [-0.4, -0.2) is 15.8 Å². The minimum absolute atomic E-state index is 0.201. The first-order valence-electron chi connectivity index (χ1n) is 4.44. The minimum atomic E-state index is 0.201. The monoisotopic (exact) mass is 199 g/mol. The third-order valence-electron chi connectivity index (χ3n) is 1.97. The lowest BCUT2D eigenvalue weighted by Gasteiger charge is -2.10. The molecule has 2 aromatic rings. The van der Waals surface area contributed by atoms with Gasteiger partial charge in [0.2, 0.25) is 5.95 Å². The number of nitrogen functional groups attached to an aromatic ring is 1. The zero-order valence-electron chi connectivity index (χ0n) is 7.92. The van der Waals surface area contributed by atoms with Crippen LogP contribution >= 0.6 is 0 Å². The Kier molecular flexibility index (Phi) is 2.41. The smallest absolute Gasteiger partial charge is 0.219 e. The number of anilines is 1. The second kappa shape index (κ2) is 3.88. The van der Waals surface area contributed by atoms with Gasteiger partial charge in [0, 0.05) is 23.5 Å². The Morgan fingerprint density at radius 3 is 1.87 bits per heavy atom. The summed E-state index contributed by atoms with van der Waals surface area (Å²) in [4.78, 5) is 17.9. The highest BCUT2D eigenvalue weighted by molar-refractivity contribution is 6.16. The van der Waals surface area contributed by atoms with Gasteiger partial charge in [-0.15, -0.1) is 0 Å². The summed E-state index contributed by atoms with van der Waals surface area (Å²) in [5.41, 5.74) is 6.83. The largest absolute Gasteiger partial charge is 0.368 e. The molecule has 4 nitrogen and oxygen atoms in total. The zero-order valence-corrected chi connectivity index (χ0v) is 7.92. The lowest BCUT2D eigenvalue weighted by atomic mass is 9.92. The van der Waals surface area contributed by atoms with Crippen LogP contribution < -0.4 is 5.73 Å². The van der Waals surface area contributed by atoms with Gasteiger partial charge in [0.15, 0.2) is 5.78 Å². The number of ketones is 1. The third kappa shape index (κ3) is 1.99. The number of aromatic nitrogens is 2. The molecule has 2 aliphatic carbocycles. The lowest BCUT2D eigenvalue weighted by molar-refractivity contribution is 0.102. The molecule has 0 spiro atoms. The van der Waals surface area contributed by atoms with Gasteiger partial charge in [0.05, 0.1) is 0 Å². The molecule has 0 unspecified atom stereocenters. The van der Waals surface area contributed by atoms with Crippen molar-refractivity contribution >= 4 is 11.7 Å². The van der Waals surface area contributed by atoms with E-state index in [0.29, 0.717) is 5.95 Å². The van der Waals surface area contributed by atoms with Crippen LogP contribution in [0.4, 0.5) is 5.95 Å². The van der Waals surface area contributed by atoms with Crippen LogP contribution in [0.2, 0.25) is 0 Å². The Bertz CT molecular complexity index is 453. The maximum Gasteiger partial charge on any atom is 0.219 e. The first-order chi connectivity index (χ1) is 7.27. The van der Waals surface area contributed by atoms with Crippen molar-refractivity contribution in [1.29, 1.82) is 0 Å². The number of fused-ring (bicyclic) bond motifs is 2. The van der Waals surface area contributed by atoms with E-state index < -0.39 is 0 Å². The highest BCUT2D eigenvalue weighted by atomic mass is 16.1. The van der Waals surface area contributed by atoms with Crippen LogP contribution in [0.25, 0.3) is 0 Å². The maximum absolute atomic E-state index is 10.7. The molecule has 0 atom stereocenters. The molecule has 2 N–H and O–H groups in total. The summed E-state index contributed by atoms with van der Waals surface area (Å²) in [6, 6.07) is 9.16. The molecule has 0 aliphatic heterocycles. The zero-order chi connectivity index (χ0) is 10.7. The quantitative estimate of drug-likeness (QED) is 0.592. The SMILES string of the molecule is Nc1ncccn1.O=C1c2cccc1c2. The number of nitrogens with two attached hydrogens (primary N) is 1. The number of benzene rings is 1. The summed E-state index contributed by atoms with van der Waals surface area (Å²) in [6.45, 7) is 0. The number of nitrogens with zero attached hydrogens (tertiary/aromatic N) is 2. The van der Waals surface area contributed by atoms with Gasteiger partial charge in [-0.3, -0.25) is 4.79 Å². The molecule has 15 heavy (non-hydrogen) atoms. The summed E-state index contributed by atoms with van der Waals surface area (Å²) in [5, 5.41) is 0. The predicted molar refractivity (Wildman–Crippen MR) is 56.3 cm³/mol. The highest BCUT2D eigenvalue weighted by Crippen LogP contribution is 2.19. The van der Waals surface area contributed by atoms with Gasteiger partial charge in [-0.1, -0.05) is 18.2 Å². The van der Waals surface area contributed by atoms with E-state index in [0.717, 1.165) is 11.1 Å². The van der Waals surface area contributed by atoms with Crippen molar-refractivity contribution in [2.45, 2.75) is 0 Å². The molecule has 0 radical (unpaired) electrons. The molecule has 1 aromatic carbocycles. The Balaban J connectivity index is 0.000000115. The van der Waals surface area contributed by atoms with Gasteiger partial charge in [0.25, 0.3) is 0 Å². The second-order valence-electron chi connectivity index (χ2n) is 3.02. The van der Waals surface area contributed by atoms with E-state index in [9.17, 15) is 4.79 Å². The molecule has 0 amide bonds. The molecule has 74 valence electrons. The van der Waals surface area contributed by atoms with Gasteiger partial charge in [0.1, 0.15) is 0 Å². The van der Waals surface area contributed by atoms with Crippen molar-refractivity contribution in [3.63, 3.8) is 0 Å². The van der Waals surface area contributed by atoms with Gasteiger partial charge >= 0.3 is 0 Å². The van der Waals surface area contributed by atoms with Crippen molar-refractivity contribution in [1.82, 2.24) is 9.97 Å². The highest BCUT2D eigenvalue weighted by Gasteiger charge is 2.17. The molecule has 4 rings (SSSR count). The van der Waals surface area contributed by atoms with Crippen LogP contribution in [0.3, 0.4) is 0 Å². The molecule has 4 heteroatoms. The summed E-state index contributed by atoms with van der Waals surface area (Å²) in [5.74, 6) is 0.523. The van der Waals surface area contributed by atoms with Crippen LogP contribution in [-0.2, 0) is 0 Å². The van der Waals surface area contributed by atoms with Gasteiger partial charge in [-0.05, 0) is 12.1 Å². The fourth-order valence-corrected chi connectivity index (χ4v) is 1.20. The number of hydrogen-bond donors (Lipinski definition) is 1. The summed E-state index contributed by atoms with van der Waals surface area (Å²) in [6.07, 6.45) is 3.20. The first kappa shape index (κ1) is 9.33. The Hall–Kier alpha value is -2.23. The van der Waals surface area contributed by atoms with E-state index in [4.69, 9.17) is 5.73 Å². The first-order valence-corrected chi connectivity index (χ1v) is 4.44. The van der Waals surface area contributed by atoms with Crippen LogP contribution in [0.15, 0.2) is 42.7 Å².